The van der Waals surface area contributed by atoms with E-state index >= 15 is 0 Å². The van der Waals surface area contributed by atoms with Gasteiger partial charge in [0.2, 0.25) is 0 Å². The van der Waals surface area contributed by atoms with E-state index in [2.05, 4.69) is 16.0 Å². The van der Waals surface area contributed by atoms with E-state index in [1.807, 2.05) is 25.2 Å². The molecule has 1 saturated heterocycles. The van der Waals surface area contributed by atoms with Crippen molar-refractivity contribution in [1.29, 1.82) is 5.26 Å². The van der Waals surface area contributed by atoms with Crippen LogP contribution in [-0.4, -0.2) is 23.5 Å². The maximum absolute atomic E-state index is 9.18. The Labute approximate surface area is 89.7 Å². The third-order valence-electron chi connectivity index (χ3n) is 2.69. The van der Waals surface area contributed by atoms with Crippen LogP contribution in [0.3, 0.4) is 0 Å². The van der Waals surface area contributed by atoms with Crippen LogP contribution in [0.5, 0.6) is 0 Å². The van der Waals surface area contributed by atoms with Crippen molar-refractivity contribution in [3.63, 3.8) is 0 Å². The summed E-state index contributed by atoms with van der Waals surface area (Å²) >= 11 is 0. The molecule has 76 valence electrons. The quantitative estimate of drug-likeness (QED) is 0.650. The molecule has 2 heterocycles. The van der Waals surface area contributed by atoms with Gasteiger partial charge in [-0.05, 0) is 25.0 Å². The fourth-order valence-electron chi connectivity index (χ4n) is 1.91. The highest BCUT2D eigenvalue weighted by Crippen LogP contribution is 2.26. The first kappa shape index (κ1) is 9.72. The lowest BCUT2D eigenvalue weighted by Gasteiger charge is -2.14. The SMILES string of the molecule is CN1CCCC1=C(C#N)c1ccccn1. The van der Waals surface area contributed by atoms with Gasteiger partial charge in [-0.25, -0.2) is 0 Å². The minimum atomic E-state index is 0.718. The van der Waals surface area contributed by atoms with Gasteiger partial charge >= 0.3 is 0 Å². The molecule has 0 N–H and O–H groups in total. The van der Waals surface area contributed by atoms with Crippen LogP contribution in [0.15, 0.2) is 30.1 Å². The van der Waals surface area contributed by atoms with Crippen molar-refractivity contribution >= 4 is 5.57 Å². The molecular formula is C12H13N3. The van der Waals surface area contributed by atoms with Crippen LogP contribution in [0.2, 0.25) is 0 Å². The van der Waals surface area contributed by atoms with Crippen molar-refractivity contribution in [3.05, 3.63) is 35.8 Å². The number of likely N-dealkylation sites (tertiary alicyclic amines) is 1. The molecular weight excluding hydrogens is 186 g/mol. The summed E-state index contributed by atoms with van der Waals surface area (Å²) in [7, 11) is 2.03. The highest BCUT2D eigenvalue weighted by Gasteiger charge is 2.18. The van der Waals surface area contributed by atoms with Crippen LogP contribution in [-0.2, 0) is 0 Å². The number of allylic oxidation sites excluding steroid dienone is 2. The first-order valence-electron chi connectivity index (χ1n) is 5.08. The number of rotatable bonds is 1. The largest absolute Gasteiger partial charge is 0.377 e. The molecule has 0 saturated carbocycles. The number of nitrogens with zero attached hydrogens (tertiary/aromatic N) is 3. The Morgan fingerprint density at radius 2 is 2.40 bits per heavy atom. The zero-order valence-electron chi connectivity index (χ0n) is 8.77. The Kier molecular flexibility index (Phi) is 2.68. The van der Waals surface area contributed by atoms with Gasteiger partial charge in [0, 0.05) is 25.5 Å². The average molecular weight is 199 g/mol. The summed E-state index contributed by atoms with van der Waals surface area (Å²) < 4.78 is 0. The van der Waals surface area contributed by atoms with E-state index in [0.29, 0.717) is 0 Å². The molecule has 1 aliphatic heterocycles. The molecule has 3 nitrogen and oxygen atoms in total. The number of pyridine rings is 1. The second kappa shape index (κ2) is 4.14. The predicted octanol–water partition coefficient (Wildman–Crippen LogP) is 2.04. The fraction of sp³-hybridized carbons (Fsp3) is 0.333. The molecule has 0 unspecified atom stereocenters. The molecule has 3 heteroatoms. The number of hydrogen-bond acceptors (Lipinski definition) is 3. The normalized spacial score (nSPS) is 18.8. The molecule has 1 fully saturated rings. The zero-order valence-corrected chi connectivity index (χ0v) is 8.77. The summed E-state index contributed by atoms with van der Waals surface area (Å²) in [6, 6.07) is 7.93. The standard InChI is InChI=1S/C12H13N3/c1-15-8-4-6-12(15)10(9-13)11-5-2-3-7-14-11/h2-3,5,7H,4,6,8H2,1H3. The van der Waals surface area contributed by atoms with E-state index in [4.69, 9.17) is 0 Å². The minimum absolute atomic E-state index is 0.718. The molecule has 0 amide bonds. The number of hydrogen-bond donors (Lipinski definition) is 0. The maximum atomic E-state index is 9.18. The Morgan fingerprint density at radius 1 is 1.53 bits per heavy atom. The third kappa shape index (κ3) is 1.84. The highest BCUT2D eigenvalue weighted by molar-refractivity contribution is 5.77. The Hall–Kier alpha value is -1.82. The lowest BCUT2D eigenvalue weighted by molar-refractivity contribution is 0.483. The second-order valence-electron chi connectivity index (χ2n) is 3.67. The van der Waals surface area contributed by atoms with Gasteiger partial charge in [0.15, 0.2) is 0 Å². The summed E-state index contributed by atoms with van der Waals surface area (Å²) in [6.45, 7) is 1.04. The topological polar surface area (TPSA) is 39.9 Å². The van der Waals surface area contributed by atoms with Crippen molar-refractivity contribution in [2.45, 2.75) is 12.8 Å². The van der Waals surface area contributed by atoms with Gasteiger partial charge in [-0.15, -0.1) is 0 Å². The molecule has 0 atom stereocenters. The van der Waals surface area contributed by atoms with Crippen molar-refractivity contribution in [3.8, 4) is 6.07 Å². The van der Waals surface area contributed by atoms with Crippen LogP contribution < -0.4 is 0 Å². The Balaban J connectivity index is 2.45. The molecule has 0 aromatic carbocycles. The molecule has 0 aliphatic carbocycles. The molecule has 2 rings (SSSR count). The van der Waals surface area contributed by atoms with Gasteiger partial charge in [0.1, 0.15) is 6.07 Å². The summed E-state index contributed by atoms with van der Waals surface area (Å²) in [5, 5.41) is 9.18. The lowest BCUT2D eigenvalue weighted by atomic mass is 10.1. The predicted molar refractivity (Wildman–Crippen MR) is 58.6 cm³/mol. The molecule has 1 aromatic rings. The van der Waals surface area contributed by atoms with Gasteiger partial charge in [0.05, 0.1) is 11.3 Å². The molecule has 0 radical (unpaired) electrons. The molecule has 1 aromatic heterocycles. The van der Waals surface area contributed by atoms with E-state index in [1.165, 1.54) is 0 Å². The fourth-order valence-corrected chi connectivity index (χ4v) is 1.91. The van der Waals surface area contributed by atoms with E-state index in [0.717, 1.165) is 36.4 Å². The molecule has 0 bridgehead atoms. The zero-order chi connectivity index (χ0) is 10.7. The Morgan fingerprint density at radius 3 is 2.93 bits per heavy atom. The summed E-state index contributed by atoms with van der Waals surface area (Å²) in [4.78, 5) is 6.37. The summed E-state index contributed by atoms with van der Waals surface area (Å²) in [5.41, 5.74) is 2.62. The number of aromatic nitrogens is 1. The van der Waals surface area contributed by atoms with E-state index in [1.54, 1.807) is 6.20 Å². The Bertz CT molecular complexity index is 414. The minimum Gasteiger partial charge on any atom is -0.377 e. The molecule has 0 spiro atoms. The lowest BCUT2D eigenvalue weighted by Crippen LogP contribution is -2.11. The van der Waals surface area contributed by atoms with Gasteiger partial charge in [0.25, 0.3) is 0 Å². The van der Waals surface area contributed by atoms with E-state index in [-0.39, 0.29) is 0 Å². The monoisotopic (exact) mass is 199 g/mol. The van der Waals surface area contributed by atoms with Gasteiger partial charge in [-0.1, -0.05) is 6.07 Å². The second-order valence-corrected chi connectivity index (χ2v) is 3.67. The van der Waals surface area contributed by atoms with E-state index in [9.17, 15) is 5.26 Å². The van der Waals surface area contributed by atoms with Crippen molar-refractivity contribution in [2.75, 3.05) is 13.6 Å². The van der Waals surface area contributed by atoms with Crippen LogP contribution in [0.25, 0.3) is 5.57 Å². The van der Waals surface area contributed by atoms with Gasteiger partial charge in [-0.2, -0.15) is 5.26 Å². The van der Waals surface area contributed by atoms with Crippen molar-refractivity contribution < 1.29 is 0 Å². The smallest absolute Gasteiger partial charge is 0.103 e. The maximum Gasteiger partial charge on any atom is 0.103 e. The number of nitriles is 1. The van der Waals surface area contributed by atoms with Crippen LogP contribution in [0.4, 0.5) is 0 Å². The van der Waals surface area contributed by atoms with Crippen molar-refractivity contribution in [1.82, 2.24) is 9.88 Å². The first-order chi connectivity index (χ1) is 7.33. The van der Waals surface area contributed by atoms with Gasteiger partial charge in [-0.3, -0.25) is 4.98 Å². The highest BCUT2D eigenvalue weighted by atomic mass is 15.1. The molecule has 15 heavy (non-hydrogen) atoms. The average Bonchev–Trinajstić information content (AvgIpc) is 2.68. The first-order valence-corrected chi connectivity index (χ1v) is 5.08. The van der Waals surface area contributed by atoms with Crippen molar-refractivity contribution in [2.24, 2.45) is 0 Å². The van der Waals surface area contributed by atoms with Crippen LogP contribution in [0, 0.1) is 11.3 Å². The summed E-state index contributed by atoms with van der Waals surface area (Å²) in [6.07, 6.45) is 3.84. The summed E-state index contributed by atoms with van der Waals surface area (Å²) in [5.74, 6) is 0. The molecule has 1 aliphatic rings. The van der Waals surface area contributed by atoms with Crippen LogP contribution in [0.1, 0.15) is 18.5 Å². The van der Waals surface area contributed by atoms with E-state index < -0.39 is 0 Å². The third-order valence-corrected chi connectivity index (χ3v) is 2.69. The van der Waals surface area contributed by atoms with Gasteiger partial charge < -0.3 is 4.90 Å². The van der Waals surface area contributed by atoms with Crippen LogP contribution >= 0.6 is 0 Å².